The Balaban J connectivity index is 1.66. The fourth-order valence-corrected chi connectivity index (χ4v) is 4.32. The molecule has 6 nitrogen and oxygen atoms in total. The third kappa shape index (κ3) is 2.80. The van der Waals surface area contributed by atoms with Crippen molar-refractivity contribution in [2.75, 3.05) is 13.1 Å². The Hall–Kier alpha value is -2.73. The van der Waals surface area contributed by atoms with Crippen molar-refractivity contribution >= 4 is 16.7 Å². The van der Waals surface area contributed by atoms with E-state index in [1.165, 1.54) is 41.2 Å². The molecule has 27 heavy (non-hydrogen) atoms. The molecule has 1 saturated heterocycles. The lowest BCUT2D eigenvalue weighted by Crippen LogP contribution is -2.26. The van der Waals surface area contributed by atoms with Crippen molar-refractivity contribution in [3.8, 4) is 11.3 Å². The van der Waals surface area contributed by atoms with E-state index >= 15 is 0 Å². The Morgan fingerprint density at radius 3 is 2.81 bits per heavy atom. The predicted molar refractivity (Wildman–Crippen MR) is 107 cm³/mol. The molecule has 0 atom stereocenters. The van der Waals surface area contributed by atoms with E-state index in [0.29, 0.717) is 17.6 Å². The SMILES string of the molecule is CC(C)c1c(-c2cnc3ncnn3c2)[nH]c2ccc(C3CCNCC3)cc12. The molecule has 0 unspecified atom stereocenters. The van der Waals surface area contributed by atoms with Crippen LogP contribution in [-0.2, 0) is 0 Å². The fourth-order valence-electron chi connectivity index (χ4n) is 4.32. The van der Waals surface area contributed by atoms with E-state index < -0.39 is 0 Å². The highest BCUT2D eigenvalue weighted by Gasteiger charge is 2.20. The Kier molecular flexibility index (Phi) is 3.93. The van der Waals surface area contributed by atoms with Gasteiger partial charge in [0.15, 0.2) is 0 Å². The average molecular weight is 360 g/mol. The number of nitrogens with one attached hydrogen (secondary N) is 2. The number of fused-ring (bicyclic) bond motifs is 2. The topological polar surface area (TPSA) is 70.9 Å². The minimum Gasteiger partial charge on any atom is -0.354 e. The van der Waals surface area contributed by atoms with Gasteiger partial charge < -0.3 is 10.3 Å². The number of hydrogen-bond acceptors (Lipinski definition) is 4. The van der Waals surface area contributed by atoms with Gasteiger partial charge in [0.2, 0.25) is 0 Å². The van der Waals surface area contributed by atoms with Crippen LogP contribution in [0.3, 0.4) is 0 Å². The van der Waals surface area contributed by atoms with Crippen LogP contribution in [0, 0.1) is 0 Å². The summed E-state index contributed by atoms with van der Waals surface area (Å²) in [6.07, 6.45) is 7.85. The molecule has 1 aliphatic rings. The molecule has 0 spiro atoms. The number of aromatic nitrogens is 5. The van der Waals surface area contributed by atoms with Gasteiger partial charge in [-0.1, -0.05) is 19.9 Å². The summed E-state index contributed by atoms with van der Waals surface area (Å²) in [6, 6.07) is 6.94. The molecule has 1 aliphatic heterocycles. The Morgan fingerprint density at radius 1 is 1.15 bits per heavy atom. The molecule has 138 valence electrons. The van der Waals surface area contributed by atoms with Crippen LogP contribution >= 0.6 is 0 Å². The van der Waals surface area contributed by atoms with Gasteiger partial charge in [0.25, 0.3) is 5.78 Å². The van der Waals surface area contributed by atoms with Crippen molar-refractivity contribution in [3.63, 3.8) is 0 Å². The summed E-state index contributed by atoms with van der Waals surface area (Å²) >= 11 is 0. The summed E-state index contributed by atoms with van der Waals surface area (Å²) in [6.45, 7) is 6.74. The summed E-state index contributed by atoms with van der Waals surface area (Å²) in [5.41, 5.74) is 6.16. The highest BCUT2D eigenvalue weighted by atomic mass is 15.3. The van der Waals surface area contributed by atoms with Crippen LogP contribution in [0.4, 0.5) is 0 Å². The van der Waals surface area contributed by atoms with Crippen LogP contribution in [0.25, 0.3) is 27.9 Å². The van der Waals surface area contributed by atoms with Crippen LogP contribution in [0.1, 0.15) is 49.7 Å². The van der Waals surface area contributed by atoms with E-state index in [0.717, 1.165) is 24.3 Å². The van der Waals surface area contributed by atoms with Crippen molar-refractivity contribution in [1.82, 2.24) is 29.9 Å². The molecule has 1 fully saturated rings. The van der Waals surface area contributed by atoms with Crippen LogP contribution in [0.5, 0.6) is 0 Å². The normalized spacial score (nSPS) is 16.0. The van der Waals surface area contributed by atoms with Gasteiger partial charge in [0.05, 0.1) is 5.69 Å². The maximum atomic E-state index is 4.44. The van der Waals surface area contributed by atoms with Crippen LogP contribution in [0.2, 0.25) is 0 Å². The maximum absolute atomic E-state index is 4.44. The Morgan fingerprint density at radius 2 is 2.00 bits per heavy atom. The van der Waals surface area contributed by atoms with E-state index in [2.05, 4.69) is 57.4 Å². The summed E-state index contributed by atoms with van der Waals surface area (Å²) in [4.78, 5) is 12.2. The van der Waals surface area contributed by atoms with Crippen LogP contribution < -0.4 is 5.32 Å². The molecule has 0 amide bonds. The zero-order chi connectivity index (χ0) is 18.4. The van der Waals surface area contributed by atoms with E-state index in [1.807, 2.05) is 12.4 Å². The van der Waals surface area contributed by atoms with Crippen LogP contribution in [0.15, 0.2) is 36.9 Å². The number of nitrogens with zero attached hydrogens (tertiary/aromatic N) is 4. The molecular formula is C21H24N6. The second-order valence-corrected chi connectivity index (χ2v) is 7.74. The average Bonchev–Trinajstić information content (AvgIpc) is 3.31. The molecule has 0 bridgehead atoms. The van der Waals surface area contributed by atoms with Crippen molar-refractivity contribution < 1.29 is 0 Å². The van der Waals surface area contributed by atoms with Crippen molar-refractivity contribution in [3.05, 3.63) is 48.0 Å². The fraction of sp³-hybridized carbons (Fsp3) is 0.381. The molecule has 4 aromatic rings. The summed E-state index contributed by atoms with van der Waals surface area (Å²) in [5, 5.41) is 9.02. The first-order chi connectivity index (χ1) is 13.2. The van der Waals surface area contributed by atoms with Gasteiger partial charge in [0, 0.05) is 28.9 Å². The quantitative estimate of drug-likeness (QED) is 0.582. The molecule has 5 rings (SSSR count). The summed E-state index contributed by atoms with van der Waals surface area (Å²) in [5.74, 6) is 1.68. The molecule has 1 aromatic carbocycles. The lowest BCUT2D eigenvalue weighted by molar-refractivity contribution is 0.460. The molecular weight excluding hydrogens is 336 g/mol. The second-order valence-electron chi connectivity index (χ2n) is 7.74. The molecule has 4 heterocycles. The van der Waals surface area contributed by atoms with Crippen molar-refractivity contribution in [2.45, 2.75) is 38.5 Å². The number of rotatable bonds is 3. The lowest BCUT2D eigenvalue weighted by atomic mass is 9.88. The number of hydrogen-bond donors (Lipinski definition) is 2. The number of aromatic amines is 1. The number of benzene rings is 1. The first-order valence-corrected chi connectivity index (χ1v) is 9.72. The molecule has 0 radical (unpaired) electrons. The monoisotopic (exact) mass is 360 g/mol. The van der Waals surface area contributed by atoms with E-state index in [9.17, 15) is 0 Å². The highest BCUT2D eigenvalue weighted by Crippen LogP contribution is 2.37. The highest BCUT2D eigenvalue weighted by molar-refractivity contribution is 5.91. The standard InChI is InChI=1S/C21H24N6/c1-13(2)19-17-9-15(14-5-7-22-8-6-14)3-4-18(17)26-20(19)16-10-23-21-24-12-25-27(21)11-16/h3-4,9-14,22,26H,5-8H2,1-2H3. The van der Waals surface area contributed by atoms with Gasteiger partial charge in [-0.15, -0.1) is 0 Å². The summed E-state index contributed by atoms with van der Waals surface area (Å²) < 4.78 is 1.73. The molecule has 0 saturated carbocycles. The first-order valence-electron chi connectivity index (χ1n) is 9.72. The lowest BCUT2D eigenvalue weighted by Gasteiger charge is -2.23. The molecule has 2 N–H and O–H groups in total. The Labute approximate surface area is 158 Å². The van der Waals surface area contributed by atoms with Crippen LogP contribution in [-0.4, -0.2) is 37.7 Å². The minimum atomic E-state index is 0.406. The van der Waals surface area contributed by atoms with Crippen molar-refractivity contribution in [1.29, 1.82) is 0 Å². The van der Waals surface area contributed by atoms with E-state index in [4.69, 9.17) is 0 Å². The van der Waals surface area contributed by atoms with Gasteiger partial charge in [-0.2, -0.15) is 10.1 Å². The molecule has 3 aromatic heterocycles. The van der Waals surface area contributed by atoms with Crippen molar-refractivity contribution in [2.24, 2.45) is 0 Å². The van der Waals surface area contributed by atoms with Gasteiger partial charge in [-0.25, -0.2) is 9.50 Å². The number of H-pyrrole nitrogens is 1. The maximum Gasteiger partial charge on any atom is 0.252 e. The molecule has 0 aliphatic carbocycles. The zero-order valence-corrected chi connectivity index (χ0v) is 15.7. The number of piperidine rings is 1. The largest absolute Gasteiger partial charge is 0.354 e. The third-order valence-corrected chi connectivity index (χ3v) is 5.67. The third-order valence-electron chi connectivity index (χ3n) is 5.67. The minimum absolute atomic E-state index is 0.406. The van der Waals surface area contributed by atoms with Gasteiger partial charge >= 0.3 is 0 Å². The Bertz CT molecular complexity index is 1100. The second kappa shape index (κ2) is 6.46. The zero-order valence-electron chi connectivity index (χ0n) is 15.7. The van der Waals surface area contributed by atoms with E-state index in [1.54, 1.807) is 4.52 Å². The predicted octanol–water partition coefficient (Wildman–Crippen LogP) is 3.86. The smallest absolute Gasteiger partial charge is 0.252 e. The summed E-state index contributed by atoms with van der Waals surface area (Å²) in [7, 11) is 0. The first kappa shape index (κ1) is 16.4. The van der Waals surface area contributed by atoms with E-state index in [-0.39, 0.29) is 0 Å². The van der Waals surface area contributed by atoms with Gasteiger partial charge in [-0.05, 0) is 61.0 Å². The van der Waals surface area contributed by atoms with Gasteiger partial charge in [-0.3, -0.25) is 0 Å². The molecule has 6 heteroatoms. The van der Waals surface area contributed by atoms with Gasteiger partial charge in [0.1, 0.15) is 6.33 Å².